The summed E-state index contributed by atoms with van der Waals surface area (Å²) in [6.07, 6.45) is 8.59. The van der Waals surface area contributed by atoms with E-state index in [0.29, 0.717) is 25.8 Å². The van der Waals surface area contributed by atoms with Gasteiger partial charge in [-0.15, -0.1) is 6.58 Å². The van der Waals surface area contributed by atoms with Crippen molar-refractivity contribution < 1.29 is 29.0 Å². The molecular weight excluding hydrogens is 460 g/mol. The Balaban J connectivity index is 1.83. The van der Waals surface area contributed by atoms with E-state index in [0.717, 1.165) is 32.1 Å². The van der Waals surface area contributed by atoms with E-state index in [1.807, 2.05) is 25.7 Å². The highest BCUT2D eigenvalue weighted by Crippen LogP contribution is 2.65. The number of nitrogens with zero attached hydrogens (tertiary/aromatic N) is 2. The van der Waals surface area contributed by atoms with Crippen LogP contribution in [0.25, 0.3) is 0 Å². The molecule has 4 rings (SSSR count). The van der Waals surface area contributed by atoms with Crippen molar-refractivity contribution in [3.63, 3.8) is 0 Å². The third-order valence-corrected chi connectivity index (χ3v) is 9.33. The van der Waals surface area contributed by atoms with E-state index >= 15 is 0 Å². The van der Waals surface area contributed by atoms with E-state index in [2.05, 4.69) is 6.58 Å². The van der Waals surface area contributed by atoms with Crippen molar-refractivity contribution in [2.75, 3.05) is 19.8 Å². The lowest BCUT2D eigenvalue weighted by atomic mass is 9.65. The molecule has 2 amide bonds. The van der Waals surface area contributed by atoms with Gasteiger partial charge in [-0.25, -0.2) is 0 Å². The Bertz CT molecular complexity index is 870. The SMILES string of the molecule is C=CCN(C(=O)C1N([C@@H](CO)C(C)C)C(=O)[C@@H]2[C@H](C(=O)OCC)[C@]3(CC)CCC12O3)C1CCCCC1. The fourth-order valence-corrected chi connectivity index (χ4v) is 7.61. The summed E-state index contributed by atoms with van der Waals surface area (Å²) in [5.74, 6) is -2.45. The first-order valence-electron chi connectivity index (χ1n) is 13.9. The second kappa shape index (κ2) is 10.4. The fraction of sp³-hybridized carbons (Fsp3) is 0.821. The molecule has 6 atom stereocenters. The van der Waals surface area contributed by atoms with Crippen LogP contribution in [0.5, 0.6) is 0 Å². The van der Waals surface area contributed by atoms with Gasteiger partial charge in [0.25, 0.3) is 0 Å². The molecule has 3 saturated heterocycles. The number of aliphatic hydroxyl groups excluding tert-OH is 1. The van der Waals surface area contributed by atoms with Crippen LogP contribution < -0.4 is 0 Å². The lowest BCUT2D eigenvalue weighted by Gasteiger charge is -2.43. The molecule has 8 heteroatoms. The first-order chi connectivity index (χ1) is 17.2. The molecular formula is C28H44N2O6. The van der Waals surface area contributed by atoms with Crippen LogP contribution in [-0.4, -0.2) is 81.8 Å². The normalized spacial score (nSPS) is 34.7. The van der Waals surface area contributed by atoms with Gasteiger partial charge in [-0.3, -0.25) is 14.4 Å². The summed E-state index contributed by atoms with van der Waals surface area (Å²) in [6, 6.07) is -1.35. The predicted molar refractivity (Wildman–Crippen MR) is 135 cm³/mol. The second-order valence-corrected chi connectivity index (χ2v) is 11.4. The van der Waals surface area contributed by atoms with Crippen LogP contribution in [0.3, 0.4) is 0 Å². The van der Waals surface area contributed by atoms with Crippen molar-refractivity contribution >= 4 is 17.8 Å². The summed E-state index contributed by atoms with van der Waals surface area (Å²) in [5, 5.41) is 10.4. The molecule has 0 aromatic carbocycles. The van der Waals surface area contributed by atoms with E-state index in [4.69, 9.17) is 9.47 Å². The third-order valence-electron chi connectivity index (χ3n) is 9.33. The number of carbonyl (C=O) groups is 3. The number of hydrogen-bond donors (Lipinski definition) is 1. The average molecular weight is 505 g/mol. The maximum absolute atomic E-state index is 14.6. The van der Waals surface area contributed by atoms with Gasteiger partial charge in [-0.2, -0.15) is 0 Å². The van der Waals surface area contributed by atoms with E-state index in [9.17, 15) is 19.5 Å². The maximum Gasteiger partial charge on any atom is 0.312 e. The molecule has 0 aromatic heterocycles. The minimum absolute atomic E-state index is 0.0783. The monoisotopic (exact) mass is 504 g/mol. The Morgan fingerprint density at radius 2 is 1.94 bits per heavy atom. The molecule has 4 aliphatic rings. The number of ether oxygens (including phenoxy) is 2. The number of hydrogen-bond acceptors (Lipinski definition) is 6. The fourth-order valence-electron chi connectivity index (χ4n) is 7.61. The maximum atomic E-state index is 14.6. The lowest BCUT2D eigenvalue weighted by Crippen LogP contribution is -2.61. The van der Waals surface area contributed by atoms with E-state index in [-0.39, 0.29) is 37.0 Å². The van der Waals surface area contributed by atoms with Gasteiger partial charge in [-0.05, 0) is 44.9 Å². The molecule has 1 aliphatic carbocycles. The summed E-state index contributed by atoms with van der Waals surface area (Å²) in [7, 11) is 0. The number of fused-ring (bicyclic) bond motifs is 1. The van der Waals surface area contributed by atoms with Gasteiger partial charge < -0.3 is 24.4 Å². The van der Waals surface area contributed by atoms with Gasteiger partial charge in [0, 0.05) is 12.6 Å². The number of amides is 2. The van der Waals surface area contributed by atoms with Crippen LogP contribution >= 0.6 is 0 Å². The average Bonchev–Trinajstić information content (AvgIpc) is 3.47. The van der Waals surface area contributed by atoms with Crippen LogP contribution in [0, 0.1) is 17.8 Å². The molecule has 1 spiro atoms. The van der Waals surface area contributed by atoms with Crippen molar-refractivity contribution in [1.82, 2.24) is 9.80 Å². The lowest BCUT2D eigenvalue weighted by molar-refractivity contribution is -0.164. The van der Waals surface area contributed by atoms with Gasteiger partial charge in [0.1, 0.15) is 17.6 Å². The molecule has 0 radical (unpaired) electrons. The summed E-state index contributed by atoms with van der Waals surface area (Å²) < 4.78 is 12.3. The van der Waals surface area contributed by atoms with E-state index in [1.165, 1.54) is 0 Å². The minimum atomic E-state index is -1.10. The van der Waals surface area contributed by atoms with Crippen molar-refractivity contribution in [2.24, 2.45) is 17.8 Å². The zero-order chi connectivity index (χ0) is 26.3. The van der Waals surface area contributed by atoms with E-state index in [1.54, 1.807) is 17.9 Å². The highest BCUT2D eigenvalue weighted by atomic mass is 16.6. The van der Waals surface area contributed by atoms with Gasteiger partial charge >= 0.3 is 5.97 Å². The largest absolute Gasteiger partial charge is 0.466 e. The number of aliphatic hydroxyl groups is 1. The smallest absolute Gasteiger partial charge is 0.312 e. The van der Waals surface area contributed by atoms with Crippen LogP contribution in [0.15, 0.2) is 12.7 Å². The summed E-state index contributed by atoms with van der Waals surface area (Å²) in [4.78, 5) is 45.6. The summed E-state index contributed by atoms with van der Waals surface area (Å²) in [5.41, 5.74) is -1.91. The minimum Gasteiger partial charge on any atom is -0.466 e. The van der Waals surface area contributed by atoms with Crippen molar-refractivity contribution in [3.8, 4) is 0 Å². The first kappa shape index (κ1) is 27.1. The highest BCUT2D eigenvalue weighted by Gasteiger charge is 2.79. The molecule has 1 N–H and O–H groups in total. The standard InChI is InChI=1S/C28H44N2O6/c1-6-16-29(19-12-10-9-11-13-19)25(33)23-28-15-14-27(7-2,36-28)22(26(34)35-8-3)21(28)24(32)30(23)20(17-31)18(4)5/h6,18-23,31H,1,7-17H2,2-5H3/t20-,21-,22+,23?,27-,28?/m0/s1. The Kier molecular flexibility index (Phi) is 7.87. The molecule has 36 heavy (non-hydrogen) atoms. The quantitative estimate of drug-likeness (QED) is 0.363. The van der Waals surface area contributed by atoms with Gasteiger partial charge in [-0.1, -0.05) is 46.1 Å². The predicted octanol–water partition coefficient (Wildman–Crippen LogP) is 3.07. The molecule has 3 heterocycles. The Morgan fingerprint density at radius 1 is 1.25 bits per heavy atom. The Morgan fingerprint density at radius 3 is 2.50 bits per heavy atom. The van der Waals surface area contributed by atoms with E-state index < -0.39 is 41.1 Å². The highest BCUT2D eigenvalue weighted by molar-refractivity contribution is 5.99. The van der Waals surface area contributed by atoms with Crippen LogP contribution in [0.2, 0.25) is 0 Å². The molecule has 0 aromatic rings. The molecule has 202 valence electrons. The molecule has 8 nitrogen and oxygen atoms in total. The van der Waals surface area contributed by atoms with Crippen molar-refractivity contribution in [3.05, 3.63) is 12.7 Å². The van der Waals surface area contributed by atoms with Crippen LogP contribution in [-0.2, 0) is 23.9 Å². The molecule has 2 unspecified atom stereocenters. The number of likely N-dealkylation sites (tertiary alicyclic amines) is 1. The zero-order valence-corrected chi connectivity index (χ0v) is 22.4. The molecule has 1 saturated carbocycles. The van der Waals surface area contributed by atoms with Gasteiger partial charge in [0.2, 0.25) is 11.8 Å². The second-order valence-electron chi connectivity index (χ2n) is 11.4. The number of carbonyl (C=O) groups excluding carboxylic acids is 3. The van der Waals surface area contributed by atoms with Crippen LogP contribution in [0.4, 0.5) is 0 Å². The molecule has 4 fully saturated rings. The topological polar surface area (TPSA) is 96.4 Å². The van der Waals surface area contributed by atoms with Crippen molar-refractivity contribution in [1.29, 1.82) is 0 Å². The zero-order valence-electron chi connectivity index (χ0n) is 22.4. The van der Waals surface area contributed by atoms with Gasteiger partial charge in [0.05, 0.1) is 30.8 Å². The van der Waals surface area contributed by atoms with Crippen molar-refractivity contribution in [2.45, 2.75) is 108 Å². The number of rotatable bonds is 10. The molecule has 2 bridgehead atoms. The Labute approximate surface area is 215 Å². The van der Waals surface area contributed by atoms with Gasteiger partial charge in [0.15, 0.2) is 0 Å². The first-order valence-corrected chi connectivity index (χ1v) is 13.9. The van der Waals surface area contributed by atoms with Crippen LogP contribution in [0.1, 0.15) is 79.1 Å². The number of esters is 1. The Hall–Kier alpha value is -1.93. The third kappa shape index (κ3) is 3.99. The summed E-state index contributed by atoms with van der Waals surface area (Å²) >= 11 is 0. The molecule has 3 aliphatic heterocycles. The summed E-state index contributed by atoms with van der Waals surface area (Å²) in [6.45, 7) is 11.9.